The molecule has 0 N–H and O–H groups in total. The van der Waals surface area contributed by atoms with Crippen LogP contribution >= 0.6 is 0 Å². The Labute approximate surface area is 55.8 Å². The Bertz CT molecular complexity index is 86.9. The van der Waals surface area contributed by atoms with Crippen molar-refractivity contribution >= 4 is 6.29 Å². The Hall–Kier alpha value is -0.370. The van der Waals surface area contributed by atoms with Gasteiger partial charge in [-0.1, -0.05) is 0 Å². The normalized spacial score (nSPS) is 20.4. The average Bonchev–Trinajstić information content (AvgIpc) is 2.34. The van der Waals surface area contributed by atoms with Crippen molar-refractivity contribution in [3.8, 4) is 0 Å². The van der Waals surface area contributed by atoms with E-state index in [4.69, 9.17) is 0 Å². The molecule has 0 atom stereocenters. The first-order chi connectivity index (χ1) is 4.43. The second-order valence-corrected chi connectivity index (χ2v) is 2.44. The molecule has 1 aliphatic heterocycles. The lowest BCUT2D eigenvalue weighted by molar-refractivity contribution is 0.347. The molecule has 0 aliphatic carbocycles. The van der Waals surface area contributed by atoms with Crippen molar-refractivity contribution in [1.29, 1.82) is 0 Å². The van der Waals surface area contributed by atoms with Crippen molar-refractivity contribution in [1.82, 2.24) is 4.90 Å². The molecule has 1 heterocycles. The van der Waals surface area contributed by atoms with Crippen LogP contribution in [0.4, 0.5) is 0 Å². The van der Waals surface area contributed by atoms with Gasteiger partial charge < -0.3 is 4.90 Å². The summed E-state index contributed by atoms with van der Waals surface area (Å²) in [7, 11) is 0. The van der Waals surface area contributed by atoms with E-state index >= 15 is 0 Å². The zero-order valence-electron chi connectivity index (χ0n) is 5.60. The maximum Gasteiger partial charge on any atom is 0.199 e. The van der Waals surface area contributed by atoms with E-state index in [1.165, 1.54) is 25.9 Å². The summed E-state index contributed by atoms with van der Waals surface area (Å²) in [5.41, 5.74) is 0. The molecule has 0 saturated carbocycles. The molecule has 1 saturated heterocycles. The van der Waals surface area contributed by atoms with Gasteiger partial charge in [0.05, 0.1) is 0 Å². The van der Waals surface area contributed by atoms with Crippen LogP contribution in [-0.4, -0.2) is 30.8 Å². The van der Waals surface area contributed by atoms with Gasteiger partial charge >= 0.3 is 0 Å². The van der Waals surface area contributed by atoms with Crippen LogP contribution in [0.15, 0.2) is 0 Å². The zero-order chi connectivity index (χ0) is 6.53. The third-order valence-electron chi connectivity index (χ3n) is 1.73. The number of hydrogen-bond acceptors (Lipinski definition) is 2. The lowest BCUT2D eigenvalue weighted by Crippen LogP contribution is -2.20. The SMILES string of the molecule is O=[C]CCN1CCCC1. The molecule has 2 heteroatoms. The highest BCUT2D eigenvalue weighted by Gasteiger charge is 2.09. The second kappa shape index (κ2) is 3.62. The first-order valence-corrected chi connectivity index (χ1v) is 3.51. The van der Waals surface area contributed by atoms with Crippen molar-refractivity contribution in [2.75, 3.05) is 19.6 Å². The first kappa shape index (κ1) is 6.75. The van der Waals surface area contributed by atoms with Gasteiger partial charge in [0, 0.05) is 13.0 Å². The fraction of sp³-hybridized carbons (Fsp3) is 0.857. The van der Waals surface area contributed by atoms with E-state index in [0.717, 1.165) is 6.54 Å². The van der Waals surface area contributed by atoms with Crippen LogP contribution in [0.5, 0.6) is 0 Å². The van der Waals surface area contributed by atoms with E-state index < -0.39 is 0 Å². The fourth-order valence-electron chi connectivity index (χ4n) is 1.21. The molecule has 0 aromatic rings. The number of likely N-dealkylation sites (tertiary alicyclic amines) is 1. The highest BCUT2D eigenvalue weighted by atomic mass is 16.1. The molecule has 0 amide bonds. The Morgan fingerprint density at radius 1 is 1.33 bits per heavy atom. The van der Waals surface area contributed by atoms with Gasteiger partial charge in [0.2, 0.25) is 0 Å². The second-order valence-electron chi connectivity index (χ2n) is 2.44. The molecule has 0 aromatic heterocycles. The third kappa shape index (κ3) is 2.14. The molecular formula is C7H12NO. The molecule has 9 heavy (non-hydrogen) atoms. The first-order valence-electron chi connectivity index (χ1n) is 3.51. The van der Waals surface area contributed by atoms with Gasteiger partial charge in [-0.3, -0.25) is 4.79 Å². The lowest BCUT2D eigenvalue weighted by atomic mass is 10.4. The van der Waals surface area contributed by atoms with Crippen molar-refractivity contribution in [3.63, 3.8) is 0 Å². The summed E-state index contributed by atoms with van der Waals surface area (Å²) >= 11 is 0. The molecule has 0 bridgehead atoms. The topological polar surface area (TPSA) is 20.3 Å². The van der Waals surface area contributed by atoms with E-state index in [9.17, 15) is 4.79 Å². The van der Waals surface area contributed by atoms with Crippen molar-refractivity contribution < 1.29 is 4.79 Å². The minimum atomic E-state index is 0.583. The summed E-state index contributed by atoms with van der Waals surface area (Å²) in [6, 6.07) is 0. The van der Waals surface area contributed by atoms with Crippen molar-refractivity contribution in [2.45, 2.75) is 19.3 Å². The molecule has 0 aromatic carbocycles. The average molecular weight is 126 g/mol. The molecule has 0 unspecified atom stereocenters. The van der Waals surface area contributed by atoms with Gasteiger partial charge in [-0.05, 0) is 25.9 Å². The van der Waals surface area contributed by atoms with Crippen molar-refractivity contribution in [3.05, 3.63) is 0 Å². The molecule has 2 nitrogen and oxygen atoms in total. The van der Waals surface area contributed by atoms with E-state index in [2.05, 4.69) is 4.90 Å². The van der Waals surface area contributed by atoms with Crippen LogP contribution in [0.25, 0.3) is 0 Å². The smallest absolute Gasteiger partial charge is 0.199 e. The summed E-state index contributed by atoms with van der Waals surface area (Å²) in [6.45, 7) is 3.28. The van der Waals surface area contributed by atoms with E-state index in [0.29, 0.717) is 6.42 Å². The van der Waals surface area contributed by atoms with Gasteiger partial charge in [0.25, 0.3) is 0 Å². The zero-order valence-corrected chi connectivity index (χ0v) is 5.60. The number of rotatable bonds is 3. The van der Waals surface area contributed by atoms with Crippen LogP contribution < -0.4 is 0 Å². The number of hydrogen-bond donors (Lipinski definition) is 0. The predicted molar refractivity (Wildman–Crippen MR) is 36.0 cm³/mol. The molecule has 1 radical (unpaired) electrons. The highest BCUT2D eigenvalue weighted by Crippen LogP contribution is 2.06. The minimum absolute atomic E-state index is 0.583. The number of carbonyl (C=O) groups excluding carboxylic acids is 1. The Morgan fingerprint density at radius 3 is 2.56 bits per heavy atom. The molecule has 0 spiro atoms. The largest absolute Gasteiger partial charge is 0.303 e. The Balaban J connectivity index is 2.04. The summed E-state index contributed by atoms with van der Waals surface area (Å²) in [5, 5.41) is 0. The Morgan fingerprint density at radius 2 is 2.00 bits per heavy atom. The summed E-state index contributed by atoms with van der Waals surface area (Å²) in [6.07, 6.45) is 5.10. The summed E-state index contributed by atoms with van der Waals surface area (Å²) in [4.78, 5) is 12.1. The fourth-order valence-corrected chi connectivity index (χ4v) is 1.21. The number of nitrogens with zero attached hydrogens (tertiary/aromatic N) is 1. The van der Waals surface area contributed by atoms with E-state index in [1.807, 2.05) is 6.29 Å². The lowest BCUT2D eigenvalue weighted by Gasteiger charge is -2.10. The molecule has 51 valence electrons. The molecule has 1 aliphatic rings. The van der Waals surface area contributed by atoms with Gasteiger partial charge in [-0.15, -0.1) is 0 Å². The van der Waals surface area contributed by atoms with Gasteiger partial charge in [-0.2, -0.15) is 0 Å². The summed E-state index contributed by atoms with van der Waals surface area (Å²) < 4.78 is 0. The quantitative estimate of drug-likeness (QED) is 0.551. The monoisotopic (exact) mass is 126 g/mol. The van der Waals surface area contributed by atoms with Crippen LogP contribution in [0.3, 0.4) is 0 Å². The highest BCUT2D eigenvalue weighted by molar-refractivity contribution is 5.50. The Kier molecular flexibility index (Phi) is 2.71. The third-order valence-corrected chi connectivity index (χ3v) is 1.73. The van der Waals surface area contributed by atoms with Crippen LogP contribution in [0, 0.1) is 0 Å². The minimum Gasteiger partial charge on any atom is -0.303 e. The standard InChI is InChI=1S/C7H12NO/c9-7-3-6-8-4-1-2-5-8/h1-6H2. The molecular weight excluding hydrogens is 114 g/mol. The van der Waals surface area contributed by atoms with E-state index in [-0.39, 0.29) is 0 Å². The van der Waals surface area contributed by atoms with Crippen LogP contribution in [0.1, 0.15) is 19.3 Å². The van der Waals surface area contributed by atoms with E-state index in [1.54, 1.807) is 0 Å². The van der Waals surface area contributed by atoms with Crippen LogP contribution in [0.2, 0.25) is 0 Å². The maximum atomic E-state index is 9.81. The predicted octanol–water partition coefficient (Wildman–Crippen LogP) is 0.582. The van der Waals surface area contributed by atoms with Crippen molar-refractivity contribution in [2.24, 2.45) is 0 Å². The maximum absolute atomic E-state index is 9.81. The van der Waals surface area contributed by atoms with Crippen LogP contribution in [-0.2, 0) is 4.79 Å². The summed E-state index contributed by atoms with van der Waals surface area (Å²) in [5.74, 6) is 0. The van der Waals surface area contributed by atoms with Gasteiger partial charge in [0.1, 0.15) is 0 Å². The molecule has 1 rings (SSSR count). The van der Waals surface area contributed by atoms with Gasteiger partial charge in [-0.25, -0.2) is 0 Å². The van der Waals surface area contributed by atoms with Gasteiger partial charge in [0.15, 0.2) is 6.29 Å². The molecule has 1 fully saturated rings.